The standard InChI is InChI=1S/C13H23NO2/c1-4-11-5-7-12(8-6-11)14(2)10-9-13(15)16-3/h9-12H,4-8H2,1-3H3. The molecule has 1 aliphatic carbocycles. The molecule has 0 aliphatic heterocycles. The molecule has 16 heavy (non-hydrogen) atoms. The van der Waals surface area contributed by atoms with Gasteiger partial charge in [-0.1, -0.05) is 13.3 Å². The van der Waals surface area contributed by atoms with Crippen LogP contribution in [0.15, 0.2) is 12.3 Å². The van der Waals surface area contributed by atoms with Crippen molar-refractivity contribution in [2.75, 3.05) is 14.2 Å². The highest BCUT2D eigenvalue weighted by Gasteiger charge is 2.21. The summed E-state index contributed by atoms with van der Waals surface area (Å²) in [5.41, 5.74) is 0. The summed E-state index contributed by atoms with van der Waals surface area (Å²) in [4.78, 5) is 13.1. The van der Waals surface area contributed by atoms with Gasteiger partial charge >= 0.3 is 5.97 Å². The fourth-order valence-corrected chi connectivity index (χ4v) is 2.33. The van der Waals surface area contributed by atoms with E-state index in [2.05, 4.69) is 16.6 Å². The van der Waals surface area contributed by atoms with Gasteiger partial charge in [-0.15, -0.1) is 0 Å². The second-order valence-electron chi connectivity index (χ2n) is 4.59. The molecule has 0 radical (unpaired) electrons. The average Bonchev–Trinajstić information content (AvgIpc) is 2.35. The summed E-state index contributed by atoms with van der Waals surface area (Å²) in [6.45, 7) is 2.27. The second-order valence-corrected chi connectivity index (χ2v) is 4.59. The topological polar surface area (TPSA) is 29.5 Å². The SMILES string of the molecule is CCC1CCC(N(C)C=CC(=O)OC)CC1. The Bertz CT molecular complexity index is 242. The Morgan fingerprint density at radius 2 is 2.00 bits per heavy atom. The van der Waals surface area contributed by atoms with Crippen molar-refractivity contribution >= 4 is 5.97 Å². The maximum Gasteiger partial charge on any atom is 0.331 e. The minimum atomic E-state index is -0.283. The van der Waals surface area contributed by atoms with Crippen molar-refractivity contribution in [3.8, 4) is 0 Å². The Kier molecular flexibility index (Phi) is 5.36. The Morgan fingerprint density at radius 1 is 1.38 bits per heavy atom. The van der Waals surface area contributed by atoms with Gasteiger partial charge in [0.05, 0.1) is 7.11 Å². The third-order valence-electron chi connectivity index (χ3n) is 3.62. The van der Waals surface area contributed by atoms with Gasteiger partial charge in [-0.05, 0) is 31.6 Å². The van der Waals surface area contributed by atoms with Gasteiger partial charge in [-0.2, -0.15) is 0 Å². The predicted molar refractivity (Wildman–Crippen MR) is 65.0 cm³/mol. The van der Waals surface area contributed by atoms with Crippen molar-refractivity contribution in [1.29, 1.82) is 0 Å². The Hall–Kier alpha value is -0.990. The number of esters is 1. The smallest absolute Gasteiger partial charge is 0.331 e. The number of rotatable bonds is 4. The highest BCUT2D eigenvalue weighted by Crippen LogP contribution is 2.28. The van der Waals surface area contributed by atoms with Crippen LogP contribution in [0, 0.1) is 5.92 Å². The molecule has 0 heterocycles. The first-order chi connectivity index (χ1) is 7.67. The van der Waals surface area contributed by atoms with Crippen LogP contribution < -0.4 is 0 Å². The van der Waals surface area contributed by atoms with Crippen LogP contribution in [-0.2, 0) is 9.53 Å². The fraction of sp³-hybridized carbons (Fsp3) is 0.769. The highest BCUT2D eigenvalue weighted by atomic mass is 16.5. The van der Waals surface area contributed by atoms with Gasteiger partial charge in [-0.25, -0.2) is 4.79 Å². The lowest BCUT2D eigenvalue weighted by Gasteiger charge is -2.33. The molecule has 3 nitrogen and oxygen atoms in total. The zero-order chi connectivity index (χ0) is 12.0. The van der Waals surface area contributed by atoms with E-state index in [0.29, 0.717) is 6.04 Å². The molecule has 0 saturated heterocycles. The van der Waals surface area contributed by atoms with Crippen molar-refractivity contribution in [3.63, 3.8) is 0 Å². The minimum absolute atomic E-state index is 0.283. The predicted octanol–water partition coefficient (Wildman–Crippen LogP) is 2.57. The van der Waals surface area contributed by atoms with Gasteiger partial charge in [-0.3, -0.25) is 0 Å². The van der Waals surface area contributed by atoms with Gasteiger partial charge in [0, 0.05) is 25.4 Å². The van der Waals surface area contributed by atoms with Crippen molar-refractivity contribution in [3.05, 3.63) is 12.3 Å². The lowest BCUT2D eigenvalue weighted by molar-refractivity contribution is -0.134. The van der Waals surface area contributed by atoms with E-state index in [0.717, 1.165) is 5.92 Å². The van der Waals surface area contributed by atoms with Crippen molar-refractivity contribution in [2.24, 2.45) is 5.92 Å². The maximum absolute atomic E-state index is 11.0. The molecule has 0 spiro atoms. The Labute approximate surface area is 98.5 Å². The van der Waals surface area contributed by atoms with Crippen LogP contribution in [0.1, 0.15) is 39.0 Å². The quantitative estimate of drug-likeness (QED) is 0.544. The van der Waals surface area contributed by atoms with Gasteiger partial charge in [0.15, 0.2) is 0 Å². The number of carbonyl (C=O) groups is 1. The summed E-state index contributed by atoms with van der Waals surface area (Å²) in [7, 11) is 3.44. The van der Waals surface area contributed by atoms with E-state index in [1.165, 1.54) is 45.3 Å². The van der Waals surface area contributed by atoms with Crippen LogP contribution in [0.25, 0.3) is 0 Å². The Balaban J connectivity index is 2.35. The van der Waals surface area contributed by atoms with E-state index in [9.17, 15) is 4.79 Å². The number of nitrogens with zero attached hydrogens (tertiary/aromatic N) is 1. The van der Waals surface area contributed by atoms with E-state index < -0.39 is 0 Å². The van der Waals surface area contributed by atoms with Crippen LogP contribution in [0.3, 0.4) is 0 Å². The third-order valence-corrected chi connectivity index (χ3v) is 3.62. The van der Waals surface area contributed by atoms with E-state index in [1.54, 1.807) is 0 Å². The van der Waals surface area contributed by atoms with Crippen LogP contribution in [0.5, 0.6) is 0 Å². The molecule has 0 N–H and O–H groups in total. The maximum atomic E-state index is 11.0. The normalized spacial score (nSPS) is 25.7. The molecule has 0 aromatic rings. The first kappa shape index (κ1) is 13.1. The largest absolute Gasteiger partial charge is 0.466 e. The molecule has 0 atom stereocenters. The van der Waals surface area contributed by atoms with Crippen LogP contribution in [0.4, 0.5) is 0 Å². The molecule has 1 rings (SSSR count). The van der Waals surface area contributed by atoms with Gasteiger partial charge in [0.25, 0.3) is 0 Å². The van der Waals surface area contributed by atoms with E-state index >= 15 is 0 Å². The minimum Gasteiger partial charge on any atom is -0.466 e. The molecule has 1 saturated carbocycles. The number of methoxy groups -OCH3 is 1. The zero-order valence-corrected chi connectivity index (χ0v) is 10.6. The highest BCUT2D eigenvalue weighted by molar-refractivity contribution is 5.81. The number of ether oxygens (including phenoxy) is 1. The third kappa shape index (κ3) is 3.87. The lowest BCUT2D eigenvalue weighted by Crippen LogP contribution is -2.31. The van der Waals surface area contributed by atoms with Gasteiger partial charge < -0.3 is 9.64 Å². The molecular formula is C13H23NO2. The summed E-state index contributed by atoms with van der Waals surface area (Å²) in [6, 6.07) is 0.587. The molecule has 1 fully saturated rings. The van der Waals surface area contributed by atoms with Crippen LogP contribution >= 0.6 is 0 Å². The summed E-state index contributed by atoms with van der Waals surface area (Å²) >= 11 is 0. The number of carbonyl (C=O) groups excluding carboxylic acids is 1. The molecule has 0 unspecified atom stereocenters. The molecule has 0 aromatic carbocycles. The summed E-state index contributed by atoms with van der Waals surface area (Å²) in [5, 5.41) is 0. The molecule has 0 amide bonds. The Morgan fingerprint density at radius 3 is 2.50 bits per heavy atom. The monoisotopic (exact) mass is 225 g/mol. The molecule has 3 heteroatoms. The molecular weight excluding hydrogens is 202 g/mol. The summed E-state index contributed by atoms with van der Waals surface area (Å²) < 4.78 is 4.57. The first-order valence-corrected chi connectivity index (χ1v) is 6.15. The second kappa shape index (κ2) is 6.56. The fourth-order valence-electron chi connectivity index (χ4n) is 2.33. The van der Waals surface area contributed by atoms with Gasteiger partial charge in [0.2, 0.25) is 0 Å². The van der Waals surface area contributed by atoms with Crippen molar-refractivity contribution in [2.45, 2.75) is 45.1 Å². The zero-order valence-electron chi connectivity index (χ0n) is 10.6. The van der Waals surface area contributed by atoms with Crippen LogP contribution in [0.2, 0.25) is 0 Å². The van der Waals surface area contributed by atoms with E-state index in [4.69, 9.17) is 0 Å². The van der Waals surface area contributed by atoms with E-state index in [-0.39, 0.29) is 5.97 Å². The molecule has 92 valence electrons. The van der Waals surface area contributed by atoms with Crippen molar-refractivity contribution < 1.29 is 9.53 Å². The van der Waals surface area contributed by atoms with Crippen LogP contribution in [-0.4, -0.2) is 31.1 Å². The first-order valence-electron chi connectivity index (χ1n) is 6.15. The van der Waals surface area contributed by atoms with E-state index in [1.807, 2.05) is 13.2 Å². The summed E-state index contributed by atoms with van der Waals surface area (Å²) in [6.07, 6.45) is 9.74. The molecule has 1 aliphatic rings. The van der Waals surface area contributed by atoms with Gasteiger partial charge in [0.1, 0.15) is 0 Å². The summed E-state index contributed by atoms with van der Waals surface area (Å²) in [5.74, 6) is 0.628. The molecule has 0 bridgehead atoms. The number of hydrogen-bond acceptors (Lipinski definition) is 3. The molecule has 0 aromatic heterocycles. The lowest BCUT2D eigenvalue weighted by atomic mass is 9.84. The average molecular weight is 225 g/mol. The van der Waals surface area contributed by atoms with Crippen molar-refractivity contribution in [1.82, 2.24) is 4.90 Å². The number of hydrogen-bond donors (Lipinski definition) is 0.